The number of rotatable bonds is 2. The Hall–Kier alpha value is -1.08. The van der Waals surface area contributed by atoms with Crippen LogP contribution in [0, 0.1) is 29.1 Å². The van der Waals surface area contributed by atoms with E-state index in [1.165, 1.54) is 12.0 Å². The van der Waals surface area contributed by atoms with Crippen LogP contribution >= 0.6 is 0 Å². The number of allylic oxidation sites excluding steroid dienone is 3. The molecule has 0 aromatic heterocycles. The summed E-state index contributed by atoms with van der Waals surface area (Å²) in [5.74, 6) is 6.85. The second-order valence-electron chi connectivity index (χ2n) is 8.88. The summed E-state index contributed by atoms with van der Waals surface area (Å²) >= 11 is 0. The van der Waals surface area contributed by atoms with Crippen molar-refractivity contribution in [3.63, 3.8) is 0 Å². The van der Waals surface area contributed by atoms with Gasteiger partial charge in [-0.25, -0.2) is 0 Å². The van der Waals surface area contributed by atoms with Crippen molar-refractivity contribution in [3.8, 4) is 11.8 Å². The fourth-order valence-corrected chi connectivity index (χ4v) is 6.41. The van der Waals surface area contributed by atoms with Crippen LogP contribution in [-0.2, 0) is 9.47 Å². The zero-order valence-electron chi connectivity index (χ0n) is 16.7. The quantitative estimate of drug-likeness (QED) is 0.590. The van der Waals surface area contributed by atoms with Gasteiger partial charge in [-0.3, -0.25) is 0 Å². The van der Waals surface area contributed by atoms with Gasteiger partial charge in [0.15, 0.2) is 5.79 Å². The van der Waals surface area contributed by atoms with Crippen LogP contribution in [0.2, 0.25) is 0 Å². The Labute approximate surface area is 157 Å². The summed E-state index contributed by atoms with van der Waals surface area (Å²) in [5, 5.41) is 11.3. The molecule has 3 heteroatoms. The second kappa shape index (κ2) is 6.23. The molecule has 0 unspecified atom stereocenters. The molecule has 4 aliphatic carbocycles. The largest absolute Gasteiger partial charge is 0.377 e. The smallest absolute Gasteiger partial charge is 0.171 e. The third kappa shape index (κ3) is 2.39. The van der Waals surface area contributed by atoms with Gasteiger partial charge in [0.25, 0.3) is 0 Å². The Kier molecular flexibility index (Phi) is 4.38. The average Bonchev–Trinajstić information content (AvgIpc) is 2.92. The van der Waals surface area contributed by atoms with Crippen LogP contribution in [0.15, 0.2) is 22.8 Å². The first-order valence-electron chi connectivity index (χ1n) is 10.1. The fraction of sp³-hybridized carbons (Fsp3) is 0.739. The lowest BCUT2D eigenvalue weighted by molar-refractivity contribution is -0.212. The van der Waals surface area contributed by atoms with Crippen LogP contribution in [0.5, 0.6) is 0 Å². The molecule has 4 atom stereocenters. The van der Waals surface area contributed by atoms with Gasteiger partial charge >= 0.3 is 0 Å². The van der Waals surface area contributed by atoms with Gasteiger partial charge in [0.2, 0.25) is 0 Å². The van der Waals surface area contributed by atoms with Crippen LogP contribution in [0.3, 0.4) is 0 Å². The summed E-state index contributed by atoms with van der Waals surface area (Å²) in [5.41, 5.74) is 3.75. The van der Waals surface area contributed by atoms with Crippen LogP contribution in [0.1, 0.15) is 65.2 Å². The summed E-state index contributed by atoms with van der Waals surface area (Å²) in [6.07, 6.45) is 10.5. The molecular weight excluding hydrogens is 324 g/mol. The molecule has 0 bridgehead atoms. The maximum absolute atomic E-state index is 11.3. The van der Waals surface area contributed by atoms with Crippen molar-refractivity contribution >= 4 is 0 Å². The van der Waals surface area contributed by atoms with Gasteiger partial charge in [-0.05, 0) is 68.4 Å². The molecule has 0 radical (unpaired) electrons. The normalized spacial score (nSPS) is 40.7. The van der Waals surface area contributed by atoms with Crippen molar-refractivity contribution in [3.05, 3.63) is 22.8 Å². The molecular formula is C23H32O3. The maximum atomic E-state index is 11.3. The van der Waals surface area contributed by atoms with E-state index in [-0.39, 0.29) is 5.41 Å². The van der Waals surface area contributed by atoms with E-state index in [9.17, 15) is 5.11 Å². The third-order valence-electron chi connectivity index (χ3n) is 8.06. The lowest BCUT2D eigenvalue weighted by atomic mass is 9.56. The van der Waals surface area contributed by atoms with Gasteiger partial charge < -0.3 is 14.6 Å². The first-order chi connectivity index (χ1) is 12.4. The van der Waals surface area contributed by atoms with Crippen molar-refractivity contribution in [2.24, 2.45) is 17.3 Å². The number of hydrogen-bond acceptors (Lipinski definition) is 3. The van der Waals surface area contributed by atoms with Crippen LogP contribution in [-0.4, -0.2) is 30.7 Å². The lowest BCUT2D eigenvalue weighted by Crippen LogP contribution is -2.48. The first kappa shape index (κ1) is 18.3. The zero-order chi connectivity index (χ0) is 18.6. The van der Waals surface area contributed by atoms with E-state index >= 15 is 0 Å². The highest BCUT2D eigenvalue weighted by Crippen LogP contribution is 2.62. The Morgan fingerprint density at radius 3 is 2.62 bits per heavy atom. The van der Waals surface area contributed by atoms with Crippen molar-refractivity contribution in [2.45, 2.75) is 76.6 Å². The Balaban J connectivity index is 1.68. The minimum absolute atomic E-state index is 0.111. The van der Waals surface area contributed by atoms with E-state index in [0.717, 1.165) is 44.9 Å². The number of fused-ring (bicyclic) bond motifs is 4. The summed E-state index contributed by atoms with van der Waals surface area (Å²) < 4.78 is 11.5. The van der Waals surface area contributed by atoms with Crippen LogP contribution in [0.4, 0.5) is 0 Å². The van der Waals surface area contributed by atoms with Crippen molar-refractivity contribution in [1.82, 2.24) is 0 Å². The monoisotopic (exact) mass is 356 g/mol. The summed E-state index contributed by atoms with van der Waals surface area (Å²) in [6.45, 7) is 4.12. The number of methoxy groups -OCH3 is 2. The topological polar surface area (TPSA) is 38.7 Å². The molecule has 4 rings (SSSR count). The van der Waals surface area contributed by atoms with E-state index in [1.54, 1.807) is 25.4 Å². The van der Waals surface area contributed by atoms with E-state index in [1.807, 2.05) is 6.92 Å². The molecule has 0 saturated heterocycles. The predicted octanol–water partition coefficient (Wildman–Crippen LogP) is 4.37. The zero-order valence-corrected chi connectivity index (χ0v) is 16.7. The Bertz CT molecular complexity index is 717. The molecule has 3 nitrogen and oxygen atoms in total. The highest BCUT2D eigenvalue weighted by atomic mass is 16.7. The molecule has 4 aliphatic rings. The van der Waals surface area contributed by atoms with E-state index < -0.39 is 11.4 Å². The highest BCUT2D eigenvalue weighted by molar-refractivity contribution is 5.45. The Morgan fingerprint density at radius 2 is 1.92 bits per heavy atom. The standard InChI is InChI=1S/C23H32O3/c1-5-11-22(24)13-10-20-19-7-6-16-15-23(25-3,26-4)14-9-17(16)18(19)8-12-21(20,22)2/h8,19-20,24H,6-7,9-10,12-15H2,1-4H3/t19-,20+,21+,22+/m1/s1. The van der Waals surface area contributed by atoms with Gasteiger partial charge in [-0.1, -0.05) is 24.5 Å². The molecule has 26 heavy (non-hydrogen) atoms. The van der Waals surface area contributed by atoms with Crippen molar-refractivity contribution in [1.29, 1.82) is 0 Å². The van der Waals surface area contributed by atoms with Crippen LogP contribution in [0.25, 0.3) is 0 Å². The highest BCUT2D eigenvalue weighted by Gasteiger charge is 2.59. The SMILES string of the molecule is CC#C[C@]1(O)CC[C@H]2[C@@H]3CCC4=C(CCC(OC)(OC)C4)C3=CC[C@@]21C. The fourth-order valence-electron chi connectivity index (χ4n) is 6.41. The third-order valence-corrected chi connectivity index (χ3v) is 8.06. The maximum Gasteiger partial charge on any atom is 0.171 e. The Morgan fingerprint density at radius 1 is 1.15 bits per heavy atom. The van der Waals surface area contributed by atoms with Gasteiger partial charge in [-0.15, -0.1) is 5.92 Å². The minimum Gasteiger partial charge on any atom is -0.377 e. The van der Waals surface area contributed by atoms with Crippen molar-refractivity contribution < 1.29 is 14.6 Å². The van der Waals surface area contributed by atoms with Gasteiger partial charge in [0, 0.05) is 32.5 Å². The number of ether oxygens (including phenoxy) is 2. The van der Waals surface area contributed by atoms with Gasteiger partial charge in [0.1, 0.15) is 5.60 Å². The molecule has 0 aromatic carbocycles. The van der Waals surface area contributed by atoms with E-state index in [0.29, 0.717) is 11.8 Å². The second-order valence-corrected chi connectivity index (χ2v) is 8.88. The minimum atomic E-state index is -0.822. The van der Waals surface area contributed by atoms with Crippen LogP contribution < -0.4 is 0 Å². The molecule has 0 aromatic rings. The van der Waals surface area contributed by atoms with Crippen molar-refractivity contribution in [2.75, 3.05) is 14.2 Å². The molecule has 1 N–H and O–H groups in total. The summed E-state index contributed by atoms with van der Waals surface area (Å²) in [7, 11) is 3.53. The molecule has 0 aliphatic heterocycles. The molecule has 1 saturated carbocycles. The average molecular weight is 357 g/mol. The molecule has 0 amide bonds. The summed E-state index contributed by atoms with van der Waals surface area (Å²) in [6, 6.07) is 0. The number of hydrogen-bond donors (Lipinski definition) is 1. The first-order valence-corrected chi connectivity index (χ1v) is 10.1. The molecule has 142 valence electrons. The van der Waals surface area contributed by atoms with E-state index in [4.69, 9.17) is 9.47 Å². The molecule has 0 spiro atoms. The van der Waals surface area contributed by atoms with E-state index in [2.05, 4.69) is 24.8 Å². The number of aliphatic hydroxyl groups is 1. The molecule has 0 heterocycles. The molecule has 1 fully saturated rings. The summed E-state index contributed by atoms with van der Waals surface area (Å²) in [4.78, 5) is 0. The predicted molar refractivity (Wildman–Crippen MR) is 102 cm³/mol. The van der Waals surface area contributed by atoms with Gasteiger partial charge in [0.05, 0.1) is 0 Å². The van der Waals surface area contributed by atoms with Gasteiger partial charge in [-0.2, -0.15) is 0 Å². The lowest BCUT2D eigenvalue weighted by Gasteiger charge is -2.50.